The van der Waals surface area contributed by atoms with Gasteiger partial charge in [-0.1, -0.05) is 24.3 Å². The largest absolute Gasteiger partial charge is 0.434 e. The molecule has 4 aromatic rings. The summed E-state index contributed by atoms with van der Waals surface area (Å²) in [5.74, 6) is 0.780. The number of aromatic nitrogens is 4. The van der Waals surface area contributed by atoms with Crippen LogP contribution in [0.4, 0.5) is 14.7 Å². The zero-order valence-electron chi connectivity index (χ0n) is 21.6. The minimum atomic E-state index is -2.94. The average molecular weight is 535 g/mol. The third-order valence-corrected chi connectivity index (χ3v) is 7.67. The summed E-state index contributed by atoms with van der Waals surface area (Å²) in [6, 6.07) is 12.1. The van der Waals surface area contributed by atoms with Gasteiger partial charge in [-0.2, -0.15) is 8.78 Å². The van der Waals surface area contributed by atoms with Crippen molar-refractivity contribution in [2.45, 2.75) is 45.5 Å². The normalized spacial score (nSPS) is 19.1. The van der Waals surface area contributed by atoms with Crippen LogP contribution in [-0.4, -0.2) is 62.4 Å². The number of carbonyl (C=O) groups is 1. The predicted octanol–water partition coefficient (Wildman–Crippen LogP) is 3.91. The van der Waals surface area contributed by atoms with Crippen molar-refractivity contribution in [1.29, 1.82) is 0 Å². The molecule has 9 nitrogen and oxygen atoms in total. The van der Waals surface area contributed by atoms with Crippen LogP contribution in [0.25, 0.3) is 22.0 Å². The Morgan fingerprint density at radius 3 is 2.54 bits per heavy atom. The van der Waals surface area contributed by atoms with E-state index in [2.05, 4.69) is 14.9 Å². The second kappa shape index (κ2) is 9.79. The molecule has 0 unspecified atom stereocenters. The van der Waals surface area contributed by atoms with E-state index in [1.54, 1.807) is 48.3 Å². The molecular formula is C28H28F2N6O3. The quantitative estimate of drug-likeness (QED) is 0.386. The van der Waals surface area contributed by atoms with Crippen LogP contribution in [0.3, 0.4) is 0 Å². The molecule has 2 aromatic carbocycles. The van der Waals surface area contributed by atoms with E-state index >= 15 is 0 Å². The SMILES string of the molecule is CC(=O)N1CCN(c2ncc(-c3ccc4c(=O)n5n(c4c3)[C@@H](c3ccccc3OC(F)F)CC5)cn2)[C@H](C)C1. The highest BCUT2D eigenvalue weighted by molar-refractivity contribution is 5.84. The highest BCUT2D eigenvalue weighted by Crippen LogP contribution is 2.37. The Morgan fingerprint density at radius 2 is 1.82 bits per heavy atom. The van der Waals surface area contributed by atoms with Crippen LogP contribution in [0.1, 0.15) is 31.9 Å². The maximum absolute atomic E-state index is 13.2. The smallest absolute Gasteiger partial charge is 0.387 e. The molecule has 11 heteroatoms. The lowest BCUT2D eigenvalue weighted by Gasteiger charge is -2.39. The van der Waals surface area contributed by atoms with E-state index in [4.69, 9.17) is 4.74 Å². The second-order valence-corrected chi connectivity index (χ2v) is 10.0. The molecule has 2 atom stereocenters. The summed E-state index contributed by atoms with van der Waals surface area (Å²) in [5.41, 5.74) is 2.84. The third kappa shape index (κ3) is 4.41. The predicted molar refractivity (Wildman–Crippen MR) is 142 cm³/mol. The molecule has 1 fully saturated rings. The van der Waals surface area contributed by atoms with E-state index in [9.17, 15) is 18.4 Å². The fourth-order valence-electron chi connectivity index (χ4n) is 5.77. The first-order valence-corrected chi connectivity index (χ1v) is 12.9. The zero-order chi connectivity index (χ0) is 27.3. The molecule has 1 amide bonds. The Kier molecular flexibility index (Phi) is 6.28. The number of carbonyl (C=O) groups excluding carboxylic acids is 1. The number of fused-ring (bicyclic) bond motifs is 3. The number of alkyl halides is 2. The van der Waals surface area contributed by atoms with Gasteiger partial charge in [0.25, 0.3) is 5.56 Å². The Morgan fingerprint density at radius 1 is 1.05 bits per heavy atom. The minimum Gasteiger partial charge on any atom is -0.434 e. The van der Waals surface area contributed by atoms with E-state index in [-0.39, 0.29) is 29.3 Å². The second-order valence-electron chi connectivity index (χ2n) is 10.0. The van der Waals surface area contributed by atoms with Gasteiger partial charge in [0.05, 0.1) is 16.9 Å². The summed E-state index contributed by atoms with van der Waals surface area (Å²) in [6.45, 7) is 3.07. The topological polar surface area (TPSA) is 85.5 Å². The van der Waals surface area contributed by atoms with Crippen LogP contribution in [0.15, 0.2) is 59.7 Å². The molecular weight excluding hydrogens is 506 g/mol. The minimum absolute atomic E-state index is 0.0664. The van der Waals surface area contributed by atoms with E-state index < -0.39 is 6.61 Å². The lowest BCUT2D eigenvalue weighted by Crippen LogP contribution is -2.53. The zero-order valence-corrected chi connectivity index (χ0v) is 21.6. The number of rotatable bonds is 5. The number of halogens is 2. The van der Waals surface area contributed by atoms with E-state index in [0.29, 0.717) is 55.0 Å². The van der Waals surface area contributed by atoms with Crippen molar-refractivity contribution in [3.05, 3.63) is 70.8 Å². The molecule has 39 heavy (non-hydrogen) atoms. The summed E-state index contributed by atoms with van der Waals surface area (Å²) in [4.78, 5) is 38.0. The molecule has 2 aromatic heterocycles. The summed E-state index contributed by atoms with van der Waals surface area (Å²) >= 11 is 0. The number of hydrogen-bond donors (Lipinski definition) is 0. The number of ether oxygens (including phenoxy) is 1. The van der Waals surface area contributed by atoms with Crippen molar-refractivity contribution in [3.8, 4) is 16.9 Å². The molecule has 2 aliphatic rings. The standard InChI is InChI=1S/C28H28F2N6O3/c1-17-16-33(18(2)37)11-12-34(17)28-31-14-20(15-32-28)19-7-8-22-24(13-19)36-23(9-10-35(36)26(22)38)21-5-3-4-6-25(21)39-27(29)30/h3-8,13-15,17,23,27H,9-12,16H2,1-2H3/t17-,23-/m1/s1. The van der Waals surface area contributed by atoms with Gasteiger partial charge in [0.2, 0.25) is 11.9 Å². The molecule has 0 bridgehead atoms. The Labute approximate surface area is 223 Å². The van der Waals surface area contributed by atoms with Crippen LogP contribution < -0.4 is 15.2 Å². The third-order valence-electron chi connectivity index (χ3n) is 7.67. The molecule has 6 rings (SSSR count). The van der Waals surface area contributed by atoms with Crippen LogP contribution in [0.5, 0.6) is 5.75 Å². The molecule has 0 spiro atoms. The van der Waals surface area contributed by atoms with Gasteiger partial charge < -0.3 is 14.5 Å². The Balaban J connectivity index is 1.33. The van der Waals surface area contributed by atoms with Gasteiger partial charge in [-0.25, -0.2) is 14.6 Å². The lowest BCUT2D eigenvalue weighted by molar-refractivity contribution is -0.129. The van der Waals surface area contributed by atoms with Gasteiger partial charge in [0.1, 0.15) is 5.75 Å². The summed E-state index contributed by atoms with van der Waals surface area (Å²) in [7, 11) is 0. The van der Waals surface area contributed by atoms with Crippen molar-refractivity contribution in [3.63, 3.8) is 0 Å². The average Bonchev–Trinajstić information content (AvgIpc) is 3.48. The monoisotopic (exact) mass is 534 g/mol. The van der Waals surface area contributed by atoms with Gasteiger partial charge in [0, 0.05) is 62.7 Å². The number of para-hydroxylation sites is 1. The fraction of sp³-hybridized carbons (Fsp3) is 0.357. The van der Waals surface area contributed by atoms with E-state index in [1.807, 2.05) is 28.6 Å². The summed E-state index contributed by atoms with van der Waals surface area (Å²) in [5, 5.41) is 0.561. The highest BCUT2D eigenvalue weighted by atomic mass is 19.3. The highest BCUT2D eigenvalue weighted by Gasteiger charge is 2.31. The van der Waals surface area contributed by atoms with Crippen molar-refractivity contribution < 1.29 is 18.3 Å². The molecule has 0 radical (unpaired) electrons. The molecule has 4 heterocycles. The maximum Gasteiger partial charge on any atom is 0.387 e. The number of nitrogens with zero attached hydrogens (tertiary/aromatic N) is 6. The van der Waals surface area contributed by atoms with E-state index in [0.717, 1.165) is 11.1 Å². The van der Waals surface area contributed by atoms with Crippen LogP contribution in [0.2, 0.25) is 0 Å². The number of anilines is 1. The van der Waals surface area contributed by atoms with Crippen molar-refractivity contribution in [2.24, 2.45) is 0 Å². The molecule has 0 saturated carbocycles. The summed E-state index contributed by atoms with van der Waals surface area (Å²) < 4.78 is 34.5. The summed E-state index contributed by atoms with van der Waals surface area (Å²) in [6.07, 6.45) is 4.11. The van der Waals surface area contributed by atoms with Gasteiger partial charge >= 0.3 is 6.61 Å². The number of piperazine rings is 1. The molecule has 1 saturated heterocycles. The number of amides is 1. The van der Waals surface area contributed by atoms with Gasteiger partial charge in [-0.15, -0.1) is 0 Å². The van der Waals surface area contributed by atoms with Gasteiger partial charge in [0.15, 0.2) is 0 Å². The van der Waals surface area contributed by atoms with Crippen molar-refractivity contribution in [1.82, 2.24) is 24.2 Å². The number of hydrogen-bond acceptors (Lipinski definition) is 6. The molecule has 2 aliphatic heterocycles. The first-order chi connectivity index (χ1) is 18.8. The first kappa shape index (κ1) is 25.0. The van der Waals surface area contributed by atoms with Crippen LogP contribution in [0, 0.1) is 0 Å². The fourth-order valence-corrected chi connectivity index (χ4v) is 5.77. The Hall–Kier alpha value is -4.28. The maximum atomic E-state index is 13.2. The molecule has 0 N–H and O–H groups in total. The Bertz CT molecular complexity index is 1600. The van der Waals surface area contributed by atoms with Gasteiger partial charge in [-0.3, -0.25) is 14.3 Å². The lowest BCUT2D eigenvalue weighted by atomic mass is 10.0. The number of benzene rings is 2. The van der Waals surface area contributed by atoms with Crippen molar-refractivity contribution >= 4 is 22.8 Å². The van der Waals surface area contributed by atoms with Crippen LogP contribution in [-0.2, 0) is 11.3 Å². The van der Waals surface area contributed by atoms with E-state index in [1.165, 1.54) is 6.07 Å². The van der Waals surface area contributed by atoms with Crippen LogP contribution >= 0.6 is 0 Å². The first-order valence-electron chi connectivity index (χ1n) is 12.9. The van der Waals surface area contributed by atoms with Crippen molar-refractivity contribution in [2.75, 3.05) is 24.5 Å². The molecule has 202 valence electrons. The molecule has 0 aliphatic carbocycles. The van der Waals surface area contributed by atoms with Gasteiger partial charge in [-0.05, 0) is 37.1 Å².